The lowest BCUT2D eigenvalue weighted by Crippen LogP contribution is -2.33. The summed E-state index contributed by atoms with van der Waals surface area (Å²) in [5.74, 6) is 0.668. The van der Waals surface area contributed by atoms with Crippen LogP contribution in [0.2, 0.25) is 5.15 Å². The maximum absolute atomic E-state index is 6.28. The lowest BCUT2D eigenvalue weighted by molar-refractivity contribution is -0.101. The Kier molecular flexibility index (Phi) is 6.32. The van der Waals surface area contributed by atoms with E-state index in [1.54, 1.807) is 6.07 Å². The van der Waals surface area contributed by atoms with Gasteiger partial charge >= 0.3 is 0 Å². The van der Waals surface area contributed by atoms with Gasteiger partial charge in [0.25, 0.3) is 0 Å². The molecule has 0 saturated carbocycles. The summed E-state index contributed by atoms with van der Waals surface area (Å²) < 4.78 is 17.0. The first-order chi connectivity index (χ1) is 14.5. The molecule has 1 aliphatic rings. The number of nitrogens with zero attached hydrogens (tertiary/aromatic N) is 2. The summed E-state index contributed by atoms with van der Waals surface area (Å²) in [4.78, 5) is 9.09. The van der Waals surface area contributed by atoms with E-state index in [1.807, 2.05) is 26.0 Å². The zero-order valence-electron chi connectivity index (χ0n) is 17.4. The van der Waals surface area contributed by atoms with E-state index in [2.05, 4.69) is 41.2 Å². The van der Waals surface area contributed by atoms with Gasteiger partial charge in [-0.1, -0.05) is 35.9 Å². The van der Waals surface area contributed by atoms with Crippen molar-refractivity contribution in [3.63, 3.8) is 0 Å². The Labute approximate surface area is 182 Å². The number of aryl methyl sites for hydroxylation is 3. The Morgan fingerprint density at radius 3 is 2.57 bits per heavy atom. The van der Waals surface area contributed by atoms with Gasteiger partial charge in [0.2, 0.25) is 0 Å². The molecule has 1 atom stereocenters. The first-order valence-electron chi connectivity index (χ1n) is 10.0. The van der Waals surface area contributed by atoms with Crippen molar-refractivity contribution in [2.75, 3.05) is 26.4 Å². The van der Waals surface area contributed by atoms with E-state index in [1.165, 1.54) is 0 Å². The molecule has 0 amide bonds. The fourth-order valence-electron chi connectivity index (χ4n) is 3.63. The van der Waals surface area contributed by atoms with Gasteiger partial charge in [-0.05, 0) is 38.0 Å². The number of halogens is 1. The van der Waals surface area contributed by atoms with Gasteiger partial charge in [0.05, 0.1) is 25.5 Å². The first-order valence-corrected chi connectivity index (χ1v) is 10.4. The lowest BCUT2D eigenvalue weighted by Gasteiger charge is -2.23. The number of rotatable bonds is 5. The second kappa shape index (κ2) is 9.13. The van der Waals surface area contributed by atoms with E-state index in [9.17, 15) is 0 Å². The molecule has 3 heterocycles. The molecule has 5 nitrogen and oxygen atoms in total. The van der Waals surface area contributed by atoms with Crippen molar-refractivity contribution in [3.05, 3.63) is 64.6 Å². The molecule has 30 heavy (non-hydrogen) atoms. The summed E-state index contributed by atoms with van der Waals surface area (Å²) >= 11 is 6.28. The van der Waals surface area contributed by atoms with E-state index in [0.717, 1.165) is 39.3 Å². The normalized spacial score (nSPS) is 16.5. The predicted octanol–water partition coefficient (Wildman–Crippen LogP) is 5.18. The van der Waals surface area contributed by atoms with E-state index in [4.69, 9.17) is 25.8 Å². The molecule has 1 aromatic carbocycles. The average Bonchev–Trinajstić information content (AvgIpc) is 2.72. The highest BCUT2D eigenvalue weighted by molar-refractivity contribution is 6.29. The Morgan fingerprint density at radius 1 is 1.00 bits per heavy atom. The van der Waals surface area contributed by atoms with Crippen LogP contribution in [-0.2, 0) is 9.47 Å². The largest absolute Gasteiger partial charge is 0.491 e. The van der Waals surface area contributed by atoms with Crippen molar-refractivity contribution in [1.29, 1.82) is 0 Å². The molecule has 0 aliphatic carbocycles. The Balaban J connectivity index is 1.58. The van der Waals surface area contributed by atoms with Crippen molar-refractivity contribution in [3.8, 4) is 28.1 Å². The maximum Gasteiger partial charge on any atom is 0.133 e. The molecule has 4 rings (SSSR count). The Morgan fingerprint density at radius 2 is 1.83 bits per heavy atom. The van der Waals surface area contributed by atoms with Gasteiger partial charge in [-0.25, -0.2) is 4.98 Å². The van der Waals surface area contributed by atoms with Crippen LogP contribution in [0.5, 0.6) is 5.75 Å². The number of hydrogen-bond donors (Lipinski definition) is 0. The molecule has 0 unspecified atom stereocenters. The molecule has 1 aliphatic heterocycles. The first kappa shape index (κ1) is 20.8. The van der Waals surface area contributed by atoms with E-state index in [-0.39, 0.29) is 6.10 Å². The van der Waals surface area contributed by atoms with Crippen LogP contribution < -0.4 is 4.74 Å². The SMILES string of the molecule is Cc1ccc(-c2ccc(-c3cc(OC[C@H]4COCCO4)cc(Cl)n3)c(C)c2)c(C)n1. The maximum atomic E-state index is 6.28. The third kappa shape index (κ3) is 4.81. The number of pyridine rings is 2. The average molecular weight is 425 g/mol. The Hall–Kier alpha value is -2.47. The van der Waals surface area contributed by atoms with Gasteiger partial charge in [-0.2, -0.15) is 0 Å². The third-order valence-electron chi connectivity index (χ3n) is 5.13. The number of ether oxygens (including phenoxy) is 3. The highest BCUT2D eigenvalue weighted by Crippen LogP contribution is 2.31. The van der Waals surface area contributed by atoms with Gasteiger partial charge in [-0.3, -0.25) is 4.98 Å². The number of benzene rings is 1. The second-order valence-electron chi connectivity index (χ2n) is 7.50. The summed E-state index contributed by atoms with van der Waals surface area (Å²) in [5, 5.41) is 0.394. The van der Waals surface area contributed by atoms with Crippen molar-refractivity contribution >= 4 is 11.6 Å². The molecule has 3 aromatic rings. The van der Waals surface area contributed by atoms with Crippen LogP contribution in [0.4, 0.5) is 0 Å². The quantitative estimate of drug-likeness (QED) is 0.528. The summed E-state index contributed by atoms with van der Waals surface area (Å²) in [6, 6.07) is 14.1. The third-order valence-corrected chi connectivity index (χ3v) is 5.32. The molecular weight excluding hydrogens is 400 g/mol. The standard InChI is InChI=1S/C24H25ClN2O3/c1-15-10-18(22-6-4-16(2)26-17(22)3)5-7-21(15)23-11-19(12-24(25)27-23)30-14-20-13-28-8-9-29-20/h4-7,10-12,20H,8-9,13-14H2,1-3H3/t20-/m1/s1. The topological polar surface area (TPSA) is 53.5 Å². The molecule has 6 heteroatoms. The highest BCUT2D eigenvalue weighted by Gasteiger charge is 2.16. The van der Waals surface area contributed by atoms with E-state index >= 15 is 0 Å². The smallest absolute Gasteiger partial charge is 0.133 e. The van der Waals surface area contributed by atoms with Crippen LogP contribution >= 0.6 is 11.6 Å². The molecule has 0 spiro atoms. The molecule has 156 valence electrons. The van der Waals surface area contributed by atoms with Crippen LogP contribution in [0.3, 0.4) is 0 Å². The fraction of sp³-hybridized carbons (Fsp3) is 0.333. The minimum Gasteiger partial charge on any atom is -0.491 e. The Bertz CT molecular complexity index is 1050. The van der Waals surface area contributed by atoms with Crippen molar-refractivity contribution in [1.82, 2.24) is 9.97 Å². The summed E-state index contributed by atoms with van der Waals surface area (Å²) in [6.07, 6.45) is -0.0680. The van der Waals surface area contributed by atoms with Crippen LogP contribution in [-0.4, -0.2) is 42.5 Å². The van der Waals surface area contributed by atoms with Crippen molar-refractivity contribution in [2.24, 2.45) is 0 Å². The van der Waals surface area contributed by atoms with Crippen LogP contribution in [0.25, 0.3) is 22.4 Å². The molecule has 0 N–H and O–H groups in total. The minimum absolute atomic E-state index is 0.0680. The van der Waals surface area contributed by atoms with Crippen LogP contribution in [0.1, 0.15) is 17.0 Å². The van der Waals surface area contributed by atoms with Crippen LogP contribution in [0.15, 0.2) is 42.5 Å². The van der Waals surface area contributed by atoms with E-state index in [0.29, 0.717) is 37.3 Å². The molecule has 0 radical (unpaired) electrons. The van der Waals surface area contributed by atoms with Gasteiger partial charge < -0.3 is 14.2 Å². The van der Waals surface area contributed by atoms with Crippen molar-refractivity contribution < 1.29 is 14.2 Å². The van der Waals surface area contributed by atoms with Crippen molar-refractivity contribution in [2.45, 2.75) is 26.9 Å². The summed E-state index contributed by atoms with van der Waals surface area (Å²) in [5.41, 5.74) is 7.21. The van der Waals surface area contributed by atoms with Gasteiger partial charge in [0.1, 0.15) is 23.6 Å². The number of aromatic nitrogens is 2. The van der Waals surface area contributed by atoms with Gasteiger partial charge in [0.15, 0.2) is 0 Å². The zero-order chi connectivity index (χ0) is 21.1. The molecule has 2 aromatic heterocycles. The van der Waals surface area contributed by atoms with Gasteiger partial charge in [-0.15, -0.1) is 0 Å². The molecular formula is C24H25ClN2O3. The molecule has 1 fully saturated rings. The summed E-state index contributed by atoms with van der Waals surface area (Å²) in [7, 11) is 0. The van der Waals surface area contributed by atoms with Crippen LogP contribution in [0, 0.1) is 20.8 Å². The minimum atomic E-state index is -0.0680. The second-order valence-corrected chi connectivity index (χ2v) is 7.89. The summed E-state index contributed by atoms with van der Waals surface area (Å²) in [6.45, 7) is 8.30. The lowest BCUT2D eigenvalue weighted by atomic mass is 9.97. The fourth-order valence-corrected chi connectivity index (χ4v) is 3.83. The monoisotopic (exact) mass is 424 g/mol. The molecule has 0 bridgehead atoms. The van der Waals surface area contributed by atoms with E-state index < -0.39 is 0 Å². The molecule has 1 saturated heterocycles. The predicted molar refractivity (Wildman–Crippen MR) is 118 cm³/mol. The number of hydrogen-bond acceptors (Lipinski definition) is 5. The van der Waals surface area contributed by atoms with Gasteiger partial charge in [0, 0.05) is 34.6 Å². The highest BCUT2D eigenvalue weighted by atomic mass is 35.5. The zero-order valence-corrected chi connectivity index (χ0v) is 18.2.